The molecule has 0 unspecified atom stereocenters. The topological polar surface area (TPSA) is 42.1 Å². The first-order valence-electron chi connectivity index (χ1n) is 4.84. The number of nitrogens with one attached hydrogen (secondary N) is 1. The molecule has 0 aliphatic carbocycles. The van der Waals surface area contributed by atoms with E-state index in [1.54, 1.807) is 37.4 Å². The zero-order valence-electron chi connectivity index (χ0n) is 8.96. The minimum atomic E-state index is -0.530. The van der Waals surface area contributed by atoms with Crippen LogP contribution < -0.4 is 4.74 Å². The molecule has 0 fully saturated rings. The van der Waals surface area contributed by atoms with Crippen LogP contribution in [0.25, 0.3) is 11.3 Å². The molecule has 88 valence electrons. The van der Waals surface area contributed by atoms with Gasteiger partial charge in [0.2, 0.25) is 0 Å². The Morgan fingerprint density at radius 1 is 1.29 bits per heavy atom. The van der Waals surface area contributed by atoms with E-state index in [1.165, 1.54) is 0 Å². The zero-order chi connectivity index (χ0) is 12.4. The molecule has 0 atom stereocenters. The van der Waals surface area contributed by atoms with Gasteiger partial charge in [0, 0.05) is 16.3 Å². The lowest BCUT2D eigenvalue weighted by Gasteiger charge is -2.07. The second kappa shape index (κ2) is 4.82. The summed E-state index contributed by atoms with van der Waals surface area (Å²) in [6.45, 7) is 0. The van der Waals surface area contributed by atoms with E-state index in [0.717, 1.165) is 11.3 Å². The van der Waals surface area contributed by atoms with E-state index >= 15 is 0 Å². The first-order chi connectivity index (χ1) is 8.11. The minimum absolute atomic E-state index is 0.337. The van der Waals surface area contributed by atoms with E-state index in [0.29, 0.717) is 16.5 Å². The van der Waals surface area contributed by atoms with E-state index in [1.807, 2.05) is 0 Å². The molecule has 2 rings (SSSR count). The molecular weight excluding hydrogens is 261 g/mol. The van der Waals surface area contributed by atoms with Gasteiger partial charge >= 0.3 is 0 Å². The van der Waals surface area contributed by atoms with Gasteiger partial charge in [-0.2, -0.15) is 0 Å². The van der Waals surface area contributed by atoms with Crippen molar-refractivity contribution >= 4 is 28.4 Å². The number of benzene rings is 1. The summed E-state index contributed by atoms with van der Waals surface area (Å²) in [4.78, 5) is 13.9. The zero-order valence-corrected chi connectivity index (χ0v) is 10.5. The maximum atomic E-state index is 11.0. The molecule has 0 radical (unpaired) electrons. The fourth-order valence-corrected chi connectivity index (χ4v) is 1.84. The van der Waals surface area contributed by atoms with Crippen molar-refractivity contribution in [3.8, 4) is 17.0 Å². The summed E-state index contributed by atoms with van der Waals surface area (Å²) in [6.07, 6.45) is 0. The summed E-state index contributed by atoms with van der Waals surface area (Å²) in [6, 6.07) is 8.63. The molecule has 5 heteroatoms. The van der Waals surface area contributed by atoms with Crippen molar-refractivity contribution < 1.29 is 9.53 Å². The number of halogens is 2. The van der Waals surface area contributed by atoms with Gasteiger partial charge in [0.1, 0.15) is 5.75 Å². The number of H-pyrrole nitrogens is 1. The van der Waals surface area contributed by atoms with Crippen LogP contribution in [-0.2, 0) is 0 Å². The van der Waals surface area contributed by atoms with E-state index < -0.39 is 5.24 Å². The summed E-state index contributed by atoms with van der Waals surface area (Å²) >= 11 is 11.3. The molecule has 0 spiro atoms. The van der Waals surface area contributed by atoms with Crippen molar-refractivity contribution in [2.45, 2.75) is 0 Å². The maximum Gasteiger partial charge on any atom is 0.268 e. The normalized spacial score (nSPS) is 10.3. The Morgan fingerprint density at radius 2 is 2.06 bits per heavy atom. The van der Waals surface area contributed by atoms with Crippen molar-refractivity contribution in [3.05, 3.63) is 41.0 Å². The van der Waals surface area contributed by atoms with Crippen LogP contribution in [0.2, 0.25) is 5.02 Å². The van der Waals surface area contributed by atoms with Crippen LogP contribution in [0.3, 0.4) is 0 Å². The smallest absolute Gasteiger partial charge is 0.268 e. The number of carbonyl (C=O) groups excluding carboxylic acids is 1. The van der Waals surface area contributed by atoms with Crippen molar-refractivity contribution in [1.82, 2.24) is 4.98 Å². The molecule has 3 nitrogen and oxygen atoms in total. The van der Waals surface area contributed by atoms with Crippen LogP contribution in [0, 0.1) is 0 Å². The van der Waals surface area contributed by atoms with Crippen LogP contribution in [0.15, 0.2) is 30.3 Å². The molecule has 0 bridgehead atoms. The van der Waals surface area contributed by atoms with Crippen molar-refractivity contribution in [2.24, 2.45) is 0 Å². The number of methoxy groups -OCH3 is 1. The monoisotopic (exact) mass is 269 g/mol. The highest BCUT2D eigenvalue weighted by atomic mass is 35.5. The minimum Gasteiger partial charge on any atom is -0.496 e. The lowest BCUT2D eigenvalue weighted by atomic mass is 10.1. The van der Waals surface area contributed by atoms with Gasteiger partial charge in [-0.25, -0.2) is 0 Å². The number of carbonyl (C=O) groups is 1. The summed E-state index contributed by atoms with van der Waals surface area (Å²) in [5.74, 6) is 0.671. The Kier molecular flexibility index (Phi) is 3.41. The Morgan fingerprint density at radius 3 is 2.65 bits per heavy atom. The molecule has 0 aliphatic heterocycles. The van der Waals surface area contributed by atoms with Crippen molar-refractivity contribution in [2.75, 3.05) is 7.11 Å². The number of hydrogen-bond acceptors (Lipinski definition) is 2. The highest BCUT2D eigenvalue weighted by Crippen LogP contribution is 2.31. The predicted octanol–water partition coefficient (Wildman–Crippen LogP) is 3.72. The van der Waals surface area contributed by atoms with Crippen molar-refractivity contribution in [1.29, 1.82) is 0 Å². The molecule has 17 heavy (non-hydrogen) atoms. The molecule has 1 N–H and O–H groups in total. The number of aromatic nitrogens is 1. The van der Waals surface area contributed by atoms with Crippen LogP contribution >= 0.6 is 23.2 Å². The SMILES string of the molecule is COc1ccc(Cl)cc1-c1ccc(C(=O)Cl)[nH]1. The fourth-order valence-electron chi connectivity index (χ4n) is 1.56. The van der Waals surface area contributed by atoms with Crippen LogP contribution in [-0.4, -0.2) is 17.3 Å². The largest absolute Gasteiger partial charge is 0.496 e. The molecule has 2 aromatic rings. The van der Waals surface area contributed by atoms with Gasteiger partial charge in [-0.15, -0.1) is 0 Å². The summed E-state index contributed by atoms with van der Waals surface area (Å²) < 4.78 is 5.23. The number of hydrogen-bond donors (Lipinski definition) is 1. The van der Waals surface area contributed by atoms with E-state index in [9.17, 15) is 4.79 Å². The van der Waals surface area contributed by atoms with Crippen LogP contribution in [0.5, 0.6) is 5.75 Å². The molecule has 0 amide bonds. The number of ether oxygens (including phenoxy) is 1. The standard InChI is InChI=1S/C12H9Cl2NO2/c1-17-11-5-2-7(13)6-8(11)9-3-4-10(15-9)12(14)16/h2-6,15H,1H3. The molecule has 0 saturated heterocycles. The molecule has 1 aromatic heterocycles. The first-order valence-corrected chi connectivity index (χ1v) is 5.60. The Labute approximate surface area is 108 Å². The first kappa shape index (κ1) is 12.0. The Balaban J connectivity index is 2.51. The average molecular weight is 270 g/mol. The number of aromatic amines is 1. The highest BCUT2D eigenvalue weighted by molar-refractivity contribution is 6.67. The summed E-state index contributed by atoms with van der Waals surface area (Å²) in [7, 11) is 1.57. The van der Waals surface area contributed by atoms with E-state index in [-0.39, 0.29) is 0 Å². The highest BCUT2D eigenvalue weighted by Gasteiger charge is 2.11. The molecule has 1 aromatic carbocycles. The van der Waals surface area contributed by atoms with Gasteiger partial charge in [0.15, 0.2) is 0 Å². The van der Waals surface area contributed by atoms with E-state index in [2.05, 4.69) is 4.98 Å². The second-order valence-electron chi connectivity index (χ2n) is 3.40. The van der Waals surface area contributed by atoms with Crippen molar-refractivity contribution in [3.63, 3.8) is 0 Å². The molecule has 0 aliphatic rings. The second-order valence-corrected chi connectivity index (χ2v) is 4.18. The maximum absolute atomic E-state index is 11.0. The third-order valence-corrected chi connectivity index (χ3v) is 2.79. The van der Waals surface area contributed by atoms with Crippen LogP contribution in [0.1, 0.15) is 10.5 Å². The van der Waals surface area contributed by atoms with Gasteiger partial charge in [-0.3, -0.25) is 4.79 Å². The lowest BCUT2D eigenvalue weighted by molar-refractivity contribution is 0.107. The fraction of sp³-hybridized carbons (Fsp3) is 0.0833. The van der Waals surface area contributed by atoms with Crippen LogP contribution in [0.4, 0.5) is 0 Å². The molecular formula is C12H9Cl2NO2. The van der Waals surface area contributed by atoms with Gasteiger partial charge in [0.05, 0.1) is 12.8 Å². The molecule has 0 saturated carbocycles. The number of rotatable bonds is 3. The van der Waals surface area contributed by atoms with Gasteiger partial charge < -0.3 is 9.72 Å². The van der Waals surface area contributed by atoms with Gasteiger partial charge in [-0.05, 0) is 41.9 Å². The van der Waals surface area contributed by atoms with E-state index in [4.69, 9.17) is 27.9 Å². The quantitative estimate of drug-likeness (QED) is 0.863. The Bertz CT molecular complexity index is 563. The van der Waals surface area contributed by atoms with Gasteiger partial charge in [-0.1, -0.05) is 11.6 Å². The predicted molar refractivity (Wildman–Crippen MR) is 68.0 cm³/mol. The summed E-state index contributed by atoms with van der Waals surface area (Å²) in [5, 5.41) is 0.0615. The molecule has 1 heterocycles. The van der Waals surface area contributed by atoms with Gasteiger partial charge in [0.25, 0.3) is 5.24 Å². The third kappa shape index (κ3) is 2.46. The summed E-state index contributed by atoms with van der Waals surface area (Å²) in [5.41, 5.74) is 1.85. The Hall–Kier alpha value is -1.45. The average Bonchev–Trinajstić information content (AvgIpc) is 2.78. The third-order valence-electron chi connectivity index (χ3n) is 2.35. The lowest BCUT2D eigenvalue weighted by Crippen LogP contribution is -1.90.